The van der Waals surface area contributed by atoms with Crippen molar-refractivity contribution in [2.24, 2.45) is 11.8 Å². The minimum atomic E-state index is -0.846. The van der Waals surface area contributed by atoms with Gasteiger partial charge in [0.1, 0.15) is 5.82 Å². The Morgan fingerprint density at radius 2 is 2.18 bits per heavy atom. The van der Waals surface area contributed by atoms with E-state index < -0.39 is 6.09 Å². The van der Waals surface area contributed by atoms with Gasteiger partial charge in [0.25, 0.3) is 0 Å². The van der Waals surface area contributed by atoms with Crippen molar-refractivity contribution in [1.29, 1.82) is 0 Å². The first-order valence-corrected chi connectivity index (χ1v) is 7.35. The lowest BCUT2D eigenvalue weighted by Gasteiger charge is -2.13. The topological polar surface area (TPSA) is 53.4 Å². The van der Waals surface area contributed by atoms with Crippen molar-refractivity contribution in [2.45, 2.75) is 6.42 Å². The molecule has 1 aliphatic carbocycles. The van der Waals surface area contributed by atoms with Crippen molar-refractivity contribution in [3.05, 3.63) is 47.9 Å². The minimum absolute atomic E-state index is 0.266. The van der Waals surface area contributed by atoms with Gasteiger partial charge >= 0.3 is 6.09 Å². The van der Waals surface area contributed by atoms with E-state index in [4.69, 9.17) is 5.11 Å². The van der Waals surface area contributed by atoms with Gasteiger partial charge in [0.05, 0.1) is 5.52 Å². The fourth-order valence-corrected chi connectivity index (χ4v) is 3.66. The van der Waals surface area contributed by atoms with Gasteiger partial charge in [0, 0.05) is 24.7 Å². The van der Waals surface area contributed by atoms with Gasteiger partial charge in [-0.05, 0) is 53.7 Å². The zero-order valence-electron chi connectivity index (χ0n) is 11.9. The first-order chi connectivity index (χ1) is 10.6. The molecular formula is C17H15FN2O2. The summed E-state index contributed by atoms with van der Waals surface area (Å²) < 4.78 is 13.6. The molecule has 0 radical (unpaired) electrons. The normalized spacial score (nSPS) is 23.7. The van der Waals surface area contributed by atoms with Crippen LogP contribution in [0.2, 0.25) is 0 Å². The Morgan fingerprint density at radius 1 is 1.32 bits per heavy atom. The highest BCUT2D eigenvalue weighted by atomic mass is 19.1. The highest BCUT2D eigenvalue weighted by molar-refractivity contribution is 5.92. The molecule has 0 unspecified atom stereocenters. The molecule has 1 aromatic heterocycles. The monoisotopic (exact) mass is 298 g/mol. The smallest absolute Gasteiger partial charge is 0.407 e. The van der Waals surface area contributed by atoms with Crippen LogP contribution in [0.15, 0.2) is 36.5 Å². The number of aromatic nitrogens is 1. The van der Waals surface area contributed by atoms with Crippen molar-refractivity contribution < 1.29 is 14.3 Å². The molecule has 0 spiro atoms. The number of carbonyl (C=O) groups is 1. The summed E-state index contributed by atoms with van der Waals surface area (Å²) in [5.41, 5.74) is 2.97. The quantitative estimate of drug-likeness (QED) is 0.878. The molecule has 1 saturated heterocycles. The first kappa shape index (κ1) is 13.2. The Bertz CT molecular complexity index is 802. The van der Waals surface area contributed by atoms with Gasteiger partial charge < -0.3 is 10.0 Å². The number of allylic oxidation sites excluding steroid dienone is 1. The third-order valence-corrected chi connectivity index (χ3v) is 4.71. The van der Waals surface area contributed by atoms with E-state index in [2.05, 4.69) is 11.1 Å². The predicted molar refractivity (Wildman–Crippen MR) is 80.9 cm³/mol. The molecular weight excluding hydrogens is 283 g/mol. The Hall–Kier alpha value is -2.43. The maximum absolute atomic E-state index is 13.6. The predicted octanol–water partition coefficient (Wildman–Crippen LogP) is 3.39. The Balaban J connectivity index is 1.71. The molecule has 2 atom stereocenters. The number of benzene rings is 1. The standard InChI is InChI=1S/C17H15FN2O2/c18-13-1-2-16-15(7-13)14(3-4-19-16)10-5-11-8-20(17(21)22)9-12(11)6-10/h1-5,7,11-12H,6,8-9H2,(H,21,22)/t11-,12+/m0/s1. The summed E-state index contributed by atoms with van der Waals surface area (Å²) in [5, 5.41) is 9.90. The van der Waals surface area contributed by atoms with Crippen molar-refractivity contribution in [2.75, 3.05) is 13.1 Å². The van der Waals surface area contributed by atoms with Gasteiger partial charge in [-0.25, -0.2) is 9.18 Å². The van der Waals surface area contributed by atoms with E-state index in [1.807, 2.05) is 6.07 Å². The number of rotatable bonds is 1. The third-order valence-electron chi connectivity index (χ3n) is 4.71. The van der Waals surface area contributed by atoms with Crippen molar-refractivity contribution in [1.82, 2.24) is 9.88 Å². The fourth-order valence-electron chi connectivity index (χ4n) is 3.66. The summed E-state index contributed by atoms with van der Waals surface area (Å²) >= 11 is 0. The van der Waals surface area contributed by atoms with Crippen LogP contribution in [0.25, 0.3) is 16.5 Å². The molecule has 22 heavy (non-hydrogen) atoms. The average molecular weight is 298 g/mol. The number of fused-ring (bicyclic) bond motifs is 2. The van der Waals surface area contributed by atoms with Crippen LogP contribution in [0, 0.1) is 17.7 Å². The van der Waals surface area contributed by atoms with Crippen molar-refractivity contribution >= 4 is 22.6 Å². The number of nitrogens with zero attached hydrogens (tertiary/aromatic N) is 2. The van der Waals surface area contributed by atoms with Crippen LogP contribution in [0.4, 0.5) is 9.18 Å². The van der Waals surface area contributed by atoms with Gasteiger partial charge in [-0.1, -0.05) is 6.08 Å². The lowest BCUT2D eigenvalue weighted by molar-refractivity contribution is 0.153. The molecule has 2 aromatic rings. The SMILES string of the molecule is O=C(O)N1C[C@H]2CC(c3ccnc4ccc(F)cc34)=C[C@H]2C1. The van der Waals surface area contributed by atoms with Crippen LogP contribution in [-0.2, 0) is 0 Å². The summed E-state index contributed by atoms with van der Waals surface area (Å²) in [6.45, 7) is 1.14. The van der Waals surface area contributed by atoms with Crippen LogP contribution in [0.1, 0.15) is 12.0 Å². The molecule has 0 bridgehead atoms. The molecule has 5 heteroatoms. The number of hydrogen-bond acceptors (Lipinski definition) is 2. The van der Waals surface area contributed by atoms with E-state index in [9.17, 15) is 9.18 Å². The lowest BCUT2D eigenvalue weighted by atomic mass is 9.97. The van der Waals surface area contributed by atoms with Crippen LogP contribution in [0.3, 0.4) is 0 Å². The van der Waals surface area contributed by atoms with E-state index in [-0.39, 0.29) is 11.7 Å². The molecule has 1 aliphatic heterocycles. The maximum atomic E-state index is 13.6. The highest BCUT2D eigenvalue weighted by Gasteiger charge is 2.38. The van der Waals surface area contributed by atoms with Gasteiger partial charge in [-0.3, -0.25) is 4.98 Å². The third kappa shape index (κ3) is 2.04. The number of pyridine rings is 1. The Morgan fingerprint density at radius 3 is 2.95 bits per heavy atom. The van der Waals surface area contributed by atoms with Gasteiger partial charge in [0.15, 0.2) is 0 Å². The zero-order valence-corrected chi connectivity index (χ0v) is 11.9. The minimum Gasteiger partial charge on any atom is -0.465 e. The van der Waals surface area contributed by atoms with Crippen LogP contribution in [-0.4, -0.2) is 34.2 Å². The van der Waals surface area contributed by atoms with E-state index in [1.165, 1.54) is 22.6 Å². The van der Waals surface area contributed by atoms with Gasteiger partial charge in [-0.15, -0.1) is 0 Å². The van der Waals surface area contributed by atoms with E-state index in [1.54, 1.807) is 12.3 Å². The summed E-state index contributed by atoms with van der Waals surface area (Å²) in [4.78, 5) is 16.8. The van der Waals surface area contributed by atoms with Gasteiger partial charge in [-0.2, -0.15) is 0 Å². The number of amides is 1. The second kappa shape index (κ2) is 4.80. The van der Waals surface area contributed by atoms with Crippen molar-refractivity contribution in [3.63, 3.8) is 0 Å². The number of carboxylic acid groups (broad SMARTS) is 1. The van der Waals surface area contributed by atoms with Crippen LogP contribution < -0.4 is 0 Å². The highest BCUT2D eigenvalue weighted by Crippen LogP contribution is 2.42. The maximum Gasteiger partial charge on any atom is 0.407 e. The summed E-state index contributed by atoms with van der Waals surface area (Å²) in [5.74, 6) is 0.336. The summed E-state index contributed by atoms with van der Waals surface area (Å²) in [6.07, 6.45) is 3.89. The fraction of sp³-hybridized carbons (Fsp3) is 0.294. The molecule has 1 fully saturated rings. The number of likely N-dealkylation sites (tertiary alicyclic amines) is 1. The molecule has 2 heterocycles. The zero-order chi connectivity index (χ0) is 15.3. The molecule has 4 nitrogen and oxygen atoms in total. The number of hydrogen-bond donors (Lipinski definition) is 1. The number of halogens is 1. The first-order valence-electron chi connectivity index (χ1n) is 7.35. The molecule has 2 aliphatic rings. The summed E-state index contributed by atoms with van der Waals surface area (Å²) in [7, 11) is 0. The second-order valence-corrected chi connectivity index (χ2v) is 6.03. The van der Waals surface area contributed by atoms with E-state index in [0.29, 0.717) is 19.0 Å². The summed E-state index contributed by atoms with van der Waals surface area (Å²) in [6, 6.07) is 6.55. The van der Waals surface area contributed by atoms with Crippen molar-refractivity contribution in [3.8, 4) is 0 Å². The average Bonchev–Trinajstić information content (AvgIpc) is 3.05. The Labute approximate surface area is 126 Å². The molecule has 1 amide bonds. The van der Waals surface area contributed by atoms with Crippen LogP contribution in [0.5, 0.6) is 0 Å². The van der Waals surface area contributed by atoms with E-state index in [0.717, 1.165) is 22.9 Å². The molecule has 4 rings (SSSR count). The Kier molecular flexibility index (Phi) is 2.89. The molecule has 112 valence electrons. The van der Waals surface area contributed by atoms with E-state index >= 15 is 0 Å². The molecule has 0 saturated carbocycles. The largest absolute Gasteiger partial charge is 0.465 e. The molecule has 1 N–H and O–H groups in total. The molecule has 1 aromatic carbocycles. The second-order valence-electron chi connectivity index (χ2n) is 6.03. The van der Waals surface area contributed by atoms with Crippen LogP contribution >= 0.6 is 0 Å². The van der Waals surface area contributed by atoms with Gasteiger partial charge in [0.2, 0.25) is 0 Å². The lowest BCUT2D eigenvalue weighted by Crippen LogP contribution is -2.27.